The number of benzene rings is 1. The molecule has 1 aromatic heterocycles. The first kappa shape index (κ1) is 14.8. The van der Waals surface area contributed by atoms with E-state index in [-0.39, 0.29) is 0 Å². The van der Waals surface area contributed by atoms with E-state index in [2.05, 4.69) is 66.9 Å². The first-order chi connectivity index (χ1) is 10.1. The molecule has 0 spiro atoms. The molecule has 1 fully saturated rings. The standard InChI is InChI=1S/C17H20IN3/c1-4-19-17-14(18)15(12-7-8-12)20-16(21-17)13-9-10(2)5-6-11(13)3/h5-6,9,12H,4,7-8H2,1-3H3,(H,19,20,21). The Bertz CT molecular complexity index is 678. The van der Waals surface area contributed by atoms with Gasteiger partial charge in [-0.15, -0.1) is 0 Å². The number of rotatable bonds is 4. The van der Waals surface area contributed by atoms with E-state index < -0.39 is 0 Å². The summed E-state index contributed by atoms with van der Waals surface area (Å²) in [7, 11) is 0. The van der Waals surface area contributed by atoms with E-state index in [1.165, 1.54) is 33.2 Å². The van der Waals surface area contributed by atoms with Gasteiger partial charge in [-0.05, 0) is 67.8 Å². The van der Waals surface area contributed by atoms with Crippen LogP contribution in [-0.4, -0.2) is 16.5 Å². The van der Waals surface area contributed by atoms with Crippen LogP contribution in [0.5, 0.6) is 0 Å². The predicted octanol–water partition coefficient (Wildman–Crippen LogP) is 4.67. The lowest BCUT2D eigenvalue weighted by atomic mass is 10.0. The Balaban J connectivity index is 2.15. The van der Waals surface area contributed by atoms with Crippen molar-refractivity contribution in [2.24, 2.45) is 0 Å². The van der Waals surface area contributed by atoms with Gasteiger partial charge in [-0.2, -0.15) is 0 Å². The summed E-state index contributed by atoms with van der Waals surface area (Å²) in [5.41, 5.74) is 4.84. The normalized spacial score (nSPS) is 14.3. The van der Waals surface area contributed by atoms with Crippen LogP contribution < -0.4 is 5.32 Å². The van der Waals surface area contributed by atoms with Gasteiger partial charge in [-0.3, -0.25) is 0 Å². The monoisotopic (exact) mass is 393 g/mol. The van der Waals surface area contributed by atoms with E-state index in [0.29, 0.717) is 5.92 Å². The van der Waals surface area contributed by atoms with E-state index >= 15 is 0 Å². The van der Waals surface area contributed by atoms with Crippen molar-refractivity contribution in [3.8, 4) is 11.4 Å². The highest BCUT2D eigenvalue weighted by molar-refractivity contribution is 14.1. The van der Waals surface area contributed by atoms with Gasteiger partial charge < -0.3 is 5.32 Å². The Labute approximate surface area is 139 Å². The number of aromatic nitrogens is 2. The molecule has 0 radical (unpaired) electrons. The number of halogens is 1. The van der Waals surface area contributed by atoms with Crippen molar-refractivity contribution in [3.63, 3.8) is 0 Å². The highest BCUT2D eigenvalue weighted by Gasteiger charge is 2.29. The third kappa shape index (κ3) is 3.05. The molecule has 3 rings (SSSR count). The maximum Gasteiger partial charge on any atom is 0.162 e. The molecule has 0 atom stereocenters. The summed E-state index contributed by atoms with van der Waals surface area (Å²) in [5, 5.41) is 3.38. The Morgan fingerprint density at radius 3 is 2.67 bits per heavy atom. The molecule has 0 aliphatic heterocycles. The van der Waals surface area contributed by atoms with Crippen LogP contribution in [0.1, 0.15) is 42.5 Å². The number of nitrogens with zero attached hydrogens (tertiary/aromatic N) is 2. The maximum absolute atomic E-state index is 4.89. The maximum atomic E-state index is 4.89. The number of anilines is 1. The number of hydrogen-bond acceptors (Lipinski definition) is 3. The van der Waals surface area contributed by atoms with Crippen LogP contribution in [0.15, 0.2) is 18.2 Å². The van der Waals surface area contributed by atoms with Crippen molar-refractivity contribution in [1.82, 2.24) is 9.97 Å². The van der Waals surface area contributed by atoms with Crippen LogP contribution in [0.2, 0.25) is 0 Å². The van der Waals surface area contributed by atoms with E-state index in [0.717, 1.165) is 23.8 Å². The fourth-order valence-electron chi connectivity index (χ4n) is 2.47. The molecule has 0 unspecified atom stereocenters. The molecule has 1 aliphatic rings. The quantitative estimate of drug-likeness (QED) is 0.767. The smallest absolute Gasteiger partial charge is 0.162 e. The summed E-state index contributed by atoms with van der Waals surface area (Å²) >= 11 is 2.38. The summed E-state index contributed by atoms with van der Waals surface area (Å²) in [6.07, 6.45) is 2.51. The molecule has 1 saturated carbocycles. The minimum absolute atomic E-state index is 0.626. The summed E-state index contributed by atoms with van der Waals surface area (Å²) in [6, 6.07) is 6.47. The lowest BCUT2D eigenvalue weighted by Gasteiger charge is -2.13. The van der Waals surface area contributed by atoms with Crippen molar-refractivity contribution in [2.75, 3.05) is 11.9 Å². The summed E-state index contributed by atoms with van der Waals surface area (Å²) in [4.78, 5) is 9.67. The Kier molecular flexibility index (Phi) is 4.15. The predicted molar refractivity (Wildman–Crippen MR) is 95.8 cm³/mol. The van der Waals surface area contributed by atoms with E-state index in [9.17, 15) is 0 Å². The molecule has 110 valence electrons. The first-order valence-electron chi connectivity index (χ1n) is 7.49. The molecule has 0 bridgehead atoms. The van der Waals surface area contributed by atoms with Crippen LogP contribution in [0.3, 0.4) is 0 Å². The first-order valence-corrected chi connectivity index (χ1v) is 8.57. The van der Waals surface area contributed by atoms with Crippen molar-refractivity contribution in [2.45, 2.75) is 39.5 Å². The third-order valence-corrected chi connectivity index (χ3v) is 4.88. The molecule has 1 N–H and O–H groups in total. The lowest BCUT2D eigenvalue weighted by molar-refractivity contribution is 0.971. The van der Waals surface area contributed by atoms with Gasteiger partial charge in [0.25, 0.3) is 0 Å². The Morgan fingerprint density at radius 2 is 2.00 bits per heavy atom. The zero-order valence-electron chi connectivity index (χ0n) is 12.7. The van der Waals surface area contributed by atoms with Gasteiger partial charge in [-0.25, -0.2) is 9.97 Å². The van der Waals surface area contributed by atoms with Crippen LogP contribution >= 0.6 is 22.6 Å². The Morgan fingerprint density at radius 1 is 1.24 bits per heavy atom. The van der Waals surface area contributed by atoms with Crippen LogP contribution in [0, 0.1) is 17.4 Å². The van der Waals surface area contributed by atoms with Crippen LogP contribution in [0.4, 0.5) is 5.82 Å². The third-order valence-electron chi connectivity index (χ3n) is 3.82. The highest BCUT2D eigenvalue weighted by Crippen LogP contribution is 2.43. The van der Waals surface area contributed by atoms with Gasteiger partial charge in [0, 0.05) is 18.0 Å². The van der Waals surface area contributed by atoms with E-state index in [4.69, 9.17) is 9.97 Å². The lowest BCUT2D eigenvalue weighted by Crippen LogP contribution is -2.08. The van der Waals surface area contributed by atoms with Gasteiger partial charge in [0.2, 0.25) is 0 Å². The van der Waals surface area contributed by atoms with E-state index in [1.54, 1.807) is 0 Å². The minimum Gasteiger partial charge on any atom is -0.369 e. The average Bonchev–Trinajstić information content (AvgIpc) is 3.28. The average molecular weight is 393 g/mol. The molecular weight excluding hydrogens is 373 g/mol. The SMILES string of the molecule is CCNc1nc(-c2cc(C)ccc2C)nc(C2CC2)c1I. The molecule has 0 amide bonds. The molecule has 1 aliphatic carbocycles. The second-order valence-electron chi connectivity index (χ2n) is 5.72. The second kappa shape index (κ2) is 5.91. The molecule has 21 heavy (non-hydrogen) atoms. The minimum atomic E-state index is 0.626. The van der Waals surface area contributed by atoms with Crippen molar-refractivity contribution in [3.05, 3.63) is 38.6 Å². The van der Waals surface area contributed by atoms with Gasteiger partial charge in [0.05, 0.1) is 9.26 Å². The van der Waals surface area contributed by atoms with Crippen molar-refractivity contribution in [1.29, 1.82) is 0 Å². The fourth-order valence-corrected chi connectivity index (χ4v) is 3.35. The van der Waals surface area contributed by atoms with Crippen LogP contribution in [0.25, 0.3) is 11.4 Å². The summed E-state index contributed by atoms with van der Waals surface area (Å²) in [6.45, 7) is 7.22. The summed E-state index contributed by atoms with van der Waals surface area (Å²) < 4.78 is 1.19. The number of aryl methyl sites for hydroxylation is 2. The second-order valence-corrected chi connectivity index (χ2v) is 6.80. The van der Waals surface area contributed by atoms with Gasteiger partial charge in [-0.1, -0.05) is 17.7 Å². The molecule has 1 aromatic carbocycles. The zero-order chi connectivity index (χ0) is 15.0. The topological polar surface area (TPSA) is 37.8 Å². The van der Waals surface area contributed by atoms with Crippen molar-refractivity contribution < 1.29 is 0 Å². The molecule has 3 nitrogen and oxygen atoms in total. The zero-order valence-corrected chi connectivity index (χ0v) is 14.9. The largest absolute Gasteiger partial charge is 0.369 e. The molecular formula is C17H20IN3. The van der Waals surface area contributed by atoms with Crippen LogP contribution in [-0.2, 0) is 0 Å². The highest BCUT2D eigenvalue weighted by atomic mass is 127. The Hall–Kier alpha value is -1.17. The number of hydrogen-bond donors (Lipinski definition) is 1. The number of nitrogens with one attached hydrogen (secondary N) is 1. The molecule has 1 heterocycles. The molecule has 0 saturated heterocycles. The van der Waals surface area contributed by atoms with Gasteiger partial charge in [0.15, 0.2) is 5.82 Å². The van der Waals surface area contributed by atoms with Crippen molar-refractivity contribution >= 4 is 28.4 Å². The van der Waals surface area contributed by atoms with Gasteiger partial charge in [0.1, 0.15) is 5.82 Å². The molecule has 2 aromatic rings. The van der Waals surface area contributed by atoms with Gasteiger partial charge >= 0.3 is 0 Å². The molecule has 4 heteroatoms. The summed E-state index contributed by atoms with van der Waals surface area (Å²) in [5.74, 6) is 2.46. The van der Waals surface area contributed by atoms with E-state index in [1.807, 2.05) is 0 Å². The fraction of sp³-hybridized carbons (Fsp3) is 0.412.